The van der Waals surface area contributed by atoms with Crippen molar-refractivity contribution in [1.82, 2.24) is 15.5 Å². The summed E-state index contributed by atoms with van der Waals surface area (Å²) in [5.74, 6) is -4.49. The third-order valence-corrected chi connectivity index (χ3v) is 24.7. The number of esters is 4. The number of amides is 3. The van der Waals surface area contributed by atoms with E-state index in [4.69, 9.17) is 75.7 Å². The van der Waals surface area contributed by atoms with Crippen LogP contribution < -0.4 is 29.9 Å². The first-order valence-electron chi connectivity index (χ1n) is 39.2. The van der Waals surface area contributed by atoms with Gasteiger partial charge in [0.25, 0.3) is 5.91 Å². The number of aliphatic hydroxyl groups is 2. The Labute approximate surface area is 683 Å². The van der Waals surface area contributed by atoms with Gasteiger partial charge in [-0.05, 0) is 182 Å². The summed E-state index contributed by atoms with van der Waals surface area (Å²) in [6.07, 6.45) is 9.87. The minimum atomic E-state index is -1.58. The van der Waals surface area contributed by atoms with Crippen LogP contribution in [0.15, 0.2) is 108 Å². The molecule has 0 spiro atoms. The van der Waals surface area contributed by atoms with Crippen LogP contribution in [0, 0.1) is 11.8 Å². The van der Waals surface area contributed by atoms with E-state index in [-0.39, 0.29) is 60.4 Å². The Morgan fingerprint density at radius 2 is 1.08 bits per heavy atom. The van der Waals surface area contributed by atoms with Crippen LogP contribution in [0.4, 0.5) is 11.4 Å². The molecule has 5 N–H and O–H groups in total. The Morgan fingerprint density at radius 3 is 1.54 bits per heavy atom. The number of carboxylic acids is 1. The van der Waals surface area contributed by atoms with Gasteiger partial charge in [-0.2, -0.15) is 0 Å². The van der Waals surface area contributed by atoms with Crippen molar-refractivity contribution in [2.24, 2.45) is 11.8 Å². The van der Waals surface area contributed by atoms with E-state index < -0.39 is 131 Å². The number of likely N-dealkylation sites (N-methyl/N-ethyl adjacent to an activating group) is 2. The smallest absolute Gasteiger partial charge is 0.335 e. The summed E-state index contributed by atoms with van der Waals surface area (Å²) < 4.78 is 58.7. The van der Waals surface area contributed by atoms with Crippen molar-refractivity contribution in [2.45, 2.75) is 229 Å². The highest BCUT2D eigenvalue weighted by Crippen LogP contribution is 2.52. The molecule has 4 aromatic carbocycles. The maximum absolute atomic E-state index is 14.3. The topological polar surface area (TPSA) is 330 Å². The maximum Gasteiger partial charge on any atom is 0.335 e. The number of ether oxygens (including phenoxy) is 10. The van der Waals surface area contributed by atoms with Gasteiger partial charge in [0, 0.05) is 72.1 Å². The molecule has 8 aliphatic rings. The molecule has 0 saturated carbocycles. The van der Waals surface area contributed by atoms with E-state index in [1.807, 2.05) is 82.3 Å². The SMILES string of the molecule is CN[C@@H](C)C(=O)O[C@H]1CC(=O)N(C)c2cc(cc(OC)c2Cl)C/C(C)=C/C=C/[C@@H](OC)[C@]2(O)CC(=O)O[C@@H](C2)[C@@H](C)[C@@H]2O[C@@]12C.COc1cc2cc(c1Cl)N(C)C(=O)C[C@H](OC(=O)[C@H](C)N(C)C(=O)c1ccc3c(c1)CCNC3)[C@]1(C)O[C@H]1[C@H](C)[C@@H]1C[C@@](O)(CC(=O)O1)[C@H](OC)/C=C/C=C(\C)C2.O=C(O)c1ccc2c(c1)CCCC2. The first kappa shape index (κ1) is 88.8. The van der Waals surface area contributed by atoms with Gasteiger partial charge in [-0.25, -0.2) is 9.59 Å². The molecule has 3 amide bonds. The minimum absolute atomic E-state index is 0.0563. The standard InChI is InChI=1S/C43H54ClN3O10.C33H45ClN2O9.C11H12O2/c1-24-10-9-11-34(54-8)43(52)21-33(55-37(49)22-43)25(2)39-42(4,57-39)35(20-36(48)47(6)31-17-27(16-24)18-32(53-7)38(31)44)56-41(51)26(3)46(5)40(50)29-12-13-30-23-45-15-14-28(30)19-29;1-18-10-9-11-25(42-8)33(40)16-24(43-28(38)17-33)19(2)30-32(4,45-30)26(44-31(39)20(3)35-5)15-27(37)36(6)22-13-21(12-18)14-23(41-7)29(22)34;12-11(13)10-6-5-8-3-1-2-4-9(8)7-10/h9-13,17-19,25-26,33-35,39,45,52H,14-16,20-23H2,1-8H3;9-11,13-14,19-20,24-26,30,35,40H,12,15-17H2,1-8H3;5-7H,1-4H2,(H,12,13)/b11-9+,24-10+;11-9+,18-10+;/t25-,26+,33+,34-,35+,39+,42+,43-;19-,20+,24+,25-,26+,30+,32+,33-;/m11./s1. The Morgan fingerprint density at radius 1 is 0.635 bits per heavy atom. The lowest BCUT2D eigenvalue weighted by molar-refractivity contribution is -0.188. The number of carbonyl (C=O) groups is 8. The van der Waals surface area contributed by atoms with Gasteiger partial charge in [0.15, 0.2) is 0 Å². The number of fused-ring (bicyclic) bond motifs is 12. The molecule has 28 heteroatoms. The maximum atomic E-state index is 14.3. The number of carboxylic acid groups (broad SMARTS) is 1. The molecule has 0 unspecified atom stereocenters. The van der Waals surface area contributed by atoms with Crippen molar-refractivity contribution >= 4 is 82.1 Å². The van der Waals surface area contributed by atoms with E-state index in [2.05, 4.69) is 10.6 Å². The Hall–Kier alpha value is -8.54. The van der Waals surface area contributed by atoms with E-state index in [1.165, 1.54) is 67.1 Å². The molecule has 0 radical (unpaired) electrons. The number of nitrogens with zero attached hydrogens (tertiary/aromatic N) is 3. The molecule has 115 heavy (non-hydrogen) atoms. The number of hydrogen-bond donors (Lipinski definition) is 5. The number of nitrogens with one attached hydrogen (secondary N) is 2. The number of allylic oxidation sites excluding steroid dienone is 6. The van der Waals surface area contributed by atoms with Crippen LogP contribution in [0.3, 0.4) is 0 Å². The molecule has 7 heterocycles. The van der Waals surface area contributed by atoms with E-state index in [0.717, 1.165) is 65.8 Å². The van der Waals surface area contributed by atoms with E-state index in [9.17, 15) is 48.6 Å². The van der Waals surface area contributed by atoms with Crippen LogP contribution in [-0.2, 0) is 105 Å². The highest BCUT2D eigenvalue weighted by molar-refractivity contribution is 6.36. The summed E-state index contributed by atoms with van der Waals surface area (Å²) in [7, 11) is 12.3. The number of anilines is 2. The quantitative estimate of drug-likeness (QED) is 0.0500. The average molecular weight is 1630 g/mol. The van der Waals surface area contributed by atoms with Gasteiger partial charge in [0.2, 0.25) is 11.8 Å². The Bertz CT molecular complexity index is 4450. The third-order valence-electron chi connectivity index (χ3n) is 23.9. The summed E-state index contributed by atoms with van der Waals surface area (Å²) in [4.78, 5) is 110. The van der Waals surface area contributed by atoms with Gasteiger partial charge in [-0.1, -0.05) is 96.8 Å². The van der Waals surface area contributed by atoms with Crippen molar-refractivity contribution < 1.29 is 101 Å². The fourth-order valence-electron chi connectivity index (χ4n) is 16.3. The normalized spacial score (nSPS) is 30.8. The zero-order valence-electron chi connectivity index (χ0n) is 68.6. The summed E-state index contributed by atoms with van der Waals surface area (Å²) in [5.41, 5.74) is 4.69. The summed E-state index contributed by atoms with van der Waals surface area (Å²) in [6, 6.07) is 16.6. The van der Waals surface area contributed by atoms with Crippen LogP contribution in [0.5, 0.6) is 11.5 Å². The number of aromatic carboxylic acids is 1. The van der Waals surface area contributed by atoms with Gasteiger partial charge in [0.05, 0.1) is 69.0 Å². The van der Waals surface area contributed by atoms with Gasteiger partial charge < -0.3 is 88.0 Å². The molecule has 624 valence electrons. The second-order valence-corrected chi connectivity index (χ2v) is 32.8. The lowest BCUT2D eigenvalue weighted by Gasteiger charge is -2.41. The zero-order valence-corrected chi connectivity index (χ0v) is 70.1. The van der Waals surface area contributed by atoms with E-state index in [1.54, 1.807) is 98.4 Å². The number of methoxy groups -OCH3 is 4. The van der Waals surface area contributed by atoms with Crippen molar-refractivity contribution in [2.75, 3.05) is 73.0 Å². The molecular weight excluding hydrogens is 1520 g/mol. The molecule has 7 aliphatic heterocycles. The van der Waals surface area contributed by atoms with Crippen LogP contribution >= 0.6 is 23.2 Å². The number of epoxide rings is 2. The van der Waals surface area contributed by atoms with Crippen molar-refractivity contribution in [3.05, 3.63) is 163 Å². The largest absolute Gasteiger partial charge is 0.495 e. The van der Waals surface area contributed by atoms with Gasteiger partial charge in [-0.15, -0.1) is 0 Å². The fourth-order valence-corrected chi connectivity index (χ4v) is 17.0. The number of carbonyl (C=O) groups excluding carboxylic acids is 7. The predicted octanol–water partition coefficient (Wildman–Crippen LogP) is 10.5. The predicted molar refractivity (Wildman–Crippen MR) is 432 cm³/mol. The van der Waals surface area contributed by atoms with Gasteiger partial charge in [-0.3, -0.25) is 28.8 Å². The molecule has 4 aromatic rings. The van der Waals surface area contributed by atoms with E-state index >= 15 is 0 Å². The second kappa shape index (κ2) is 37.4. The average Bonchev–Trinajstić information content (AvgIpc) is 1.58. The highest BCUT2D eigenvalue weighted by Gasteiger charge is 2.66. The lowest BCUT2D eigenvalue weighted by atomic mass is 9.78. The monoisotopic (exact) mass is 1630 g/mol. The second-order valence-electron chi connectivity index (χ2n) is 32.1. The van der Waals surface area contributed by atoms with Crippen LogP contribution in [0.1, 0.15) is 161 Å². The van der Waals surface area contributed by atoms with Crippen molar-refractivity contribution in [1.29, 1.82) is 0 Å². The first-order valence-corrected chi connectivity index (χ1v) is 39.9. The number of hydrogen-bond acceptors (Lipinski definition) is 22. The number of halogens is 2. The Kier molecular flexibility index (Phi) is 28.9. The Balaban J connectivity index is 0.000000213. The molecule has 0 aromatic heterocycles. The van der Waals surface area contributed by atoms with Crippen molar-refractivity contribution in [3.63, 3.8) is 0 Å². The summed E-state index contributed by atoms with van der Waals surface area (Å²) in [5, 5.41) is 39.1. The number of aryl methyl sites for hydroxylation is 2. The molecular formula is C87H111Cl2N5O21. The molecule has 4 saturated heterocycles. The molecule has 12 rings (SSSR count). The van der Waals surface area contributed by atoms with Crippen LogP contribution in [0.25, 0.3) is 0 Å². The molecule has 8 bridgehead atoms. The fraction of sp³-hybridized carbons (Fsp3) is 0.540. The van der Waals surface area contributed by atoms with Crippen LogP contribution in [-0.4, -0.2) is 214 Å². The highest BCUT2D eigenvalue weighted by atomic mass is 35.5. The van der Waals surface area contributed by atoms with Crippen LogP contribution in [0.2, 0.25) is 10.0 Å². The van der Waals surface area contributed by atoms with E-state index in [0.29, 0.717) is 46.8 Å². The molecule has 4 fully saturated rings. The molecule has 26 nitrogen and oxygen atoms in total. The number of benzene rings is 4. The summed E-state index contributed by atoms with van der Waals surface area (Å²) >= 11 is 13.5. The molecule has 16 atom stereocenters. The zero-order chi connectivity index (χ0) is 83.9. The first-order chi connectivity index (χ1) is 54.4. The summed E-state index contributed by atoms with van der Waals surface area (Å²) in [6.45, 7) is 15.9. The third kappa shape index (κ3) is 20.4. The lowest BCUT2D eigenvalue weighted by Crippen LogP contribution is -2.53. The minimum Gasteiger partial charge on any atom is -0.495 e. The molecule has 1 aliphatic carbocycles. The van der Waals surface area contributed by atoms with Gasteiger partial charge >= 0.3 is 29.8 Å². The van der Waals surface area contributed by atoms with Crippen molar-refractivity contribution in [3.8, 4) is 11.5 Å². The van der Waals surface area contributed by atoms with Gasteiger partial charge in [0.1, 0.15) is 92.7 Å². The number of rotatable bonds is 12.